The Morgan fingerprint density at radius 3 is 2.73 bits per heavy atom. The molecule has 0 spiro atoms. The van der Waals surface area contributed by atoms with Crippen molar-refractivity contribution in [3.8, 4) is 5.69 Å². The van der Waals surface area contributed by atoms with E-state index >= 15 is 0 Å². The van der Waals surface area contributed by atoms with Crippen LogP contribution < -0.4 is 10.6 Å². The third-order valence-corrected chi connectivity index (χ3v) is 4.63. The van der Waals surface area contributed by atoms with E-state index < -0.39 is 0 Å². The smallest absolute Gasteiger partial charge is 0.138 e. The molecule has 26 heavy (non-hydrogen) atoms. The van der Waals surface area contributed by atoms with Gasteiger partial charge in [0.2, 0.25) is 0 Å². The second-order valence-electron chi connectivity index (χ2n) is 6.38. The van der Waals surface area contributed by atoms with Gasteiger partial charge in [-0.1, -0.05) is 19.1 Å². The van der Waals surface area contributed by atoms with E-state index in [-0.39, 0.29) is 0 Å². The number of aromatic nitrogens is 5. The second-order valence-corrected chi connectivity index (χ2v) is 6.38. The molecule has 0 saturated heterocycles. The van der Waals surface area contributed by atoms with Gasteiger partial charge in [-0.05, 0) is 30.7 Å². The van der Waals surface area contributed by atoms with Crippen molar-refractivity contribution in [3.05, 3.63) is 59.6 Å². The lowest BCUT2D eigenvalue weighted by molar-refractivity contribution is 0.708. The summed E-state index contributed by atoms with van der Waals surface area (Å²) in [5.74, 6) is 1.89. The van der Waals surface area contributed by atoms with E-state index in [1.54, 1.807) is 11.0 Å². The number of rotatable bonds is 5. The lowest BCUT2D eigenvalue weighted by atomic mass is 10.1. The maximum atomic E-state index is 4.75. The molecule has 1 aliphatic heterocycles. The molecule has 0 radical (unpaired) electrons. The van der Waals surface area contributed by atoms with Crippen molar-refractivity contribution >= 4 is 5.82 Å². The van der Waals surface area contributed by atoms with E-state index in [0.29, 0.717) is 0 Å². The van der Waals surface area contributed by atoms with Gasteiger partial charge in [0.1, 0.15) is 24.3 Å². The molecular formula is C19H23N7. The maximum absolute atomic E-state index is 4.75. The molecule has 1 aromatic carbocycles. The molecule has 3 aromatic rings. The number of hydrogen-bond acceptors (Lipinski definition) is 6. The van der Waals surface area contributed by atoms with Crippen LogP contribution in [-0.2, 0) is 25.8 Å². The van der Waals surface area contributed by atoms with E-state index in [9.17, 15) is 0 Å². The van der Waals surface area contributed by atoms with Crippen LogP contribution in [0.4, 0.5) is 5.82 Å². The van der Waals surface area contributed by atoms with Gasteiger partial charge >= 0.3 is 0 Å². The lowest BCUT2D eigenvalue weighted by Gasteiger charge is -2.14. The maximum Gasteiger partial charge on any atom is 0.138 e. The van der Waals surface area contributed by atoms with E-state index in [2.05, 4.69) is 39.8 Å². The van der Waals surface area contributed by atoms with Crippen LogP contribution in [0.2, 0.25) is 0 Å². The highest BCUT2D eigenvalue weighted by atomic mass is 15.3. The van der Waals surface area contributed by atoms with E-state index in [1.807, 2.05) is 12.1 Å². The third kappa shape index (κ3) is 3.57. The summed E-state index contributed by atoms with van der Waals surface area (Å²) in [6.07, 6.45) is 6.02. The van der Waals surface area contributed by atoms with E-state index in [4.69, 9.17) is 9.97 Å². The molecule has 0 aliphatic carbocycles. The van der Waals surface area contributed by atoms with Gasteiger partial charge in [0.15, 0.2) is 0 Å². The van der Waals surface area contributed by atoms with E-state index in [0.717, 1.165) is 56.2 Å². The molecule has 0 amide bonds. The minimum atomic E-state index is 0.734. The summed E-state index contributed by atoms with van der Waals surface area (Å²) in [7, 11) is 0. The molecule has 134 valence electrons. The van der Waals surface area contributed by atoms with Crippen LogP contribution in [0.25, 0.3) is 5.69 Å². The molecule has 0 bridgehead atoms. The minimum Gasteiger partial charge on any atom is -0.366 e. The number of fused-ring (bicyclic) bond motifs is 1. The molecule has 2 N–H and O–H groups in total. The predicted octanol–water partition coefficient (Wildman–Crippen LogP) is 1.92. The van der Waals surface area contributed by atoms with Gasteiger partial charge in [0.05, 0.1) is 11.4 Å². The number of hydrogen-bond donors (Lipinski definition) is 2. The Morgan fingerprint density at radius 2 is 1.96 bits per heavy atom. The summed E-state index contributed by atoms with van der Waals surface area (Å²) in [4.78, 5) is 13.5. The van der Waals surface area contributed by atoms with Gasteiger partial charge in [0, 0.05) is 31.5 Å². The van der Waals surface area contributed by atoms with Crippen molar-refractivity contribution in [1.82, 2.24) is 30.0 Å². The van der Waals surface area contributed by atoms with Crippen LogP contribution >= 0.6 is 0 Å². The number of nitrogens with zero attached hydrogens (tertiary/aromatic N) is 5. The summed E-state index contributed by atoms with van der Waals surface area (Å²) in [6, 6.07) is 8.31. The van der Waals surface area contributed by atoms with Gasteiger partial charge in [0.25, 0.3) is 0 Å². The fourth-order valence-corrected chi connectivity index (χ4v) is 3.19. The van der Waals surface area contributed by atoms with Crippen LogP contribution in [-0.4, -0.2) is 37.8 Å². The number of anilines is 1. The predicted molar refractivity (Wildman–Crippen MR) is 100 cm³/mol. The first-order valence-corrected chi connectivity index (χ1v) is 9.10. The zero-order valence-electron chi connectivity index (χ0n) is 14.9. The Morgan fingerprint density at radius 1 is 1.12 bits per heavy atom. The van der Waals surface area contributed by atoms with Gasteiger partial charge in [-0.25, -0.2) is 19.6 Å². The lowest BCUT2D eigenvalue weighted by Crippen LogP contribution is -2.16. The summed E-state index contributed by atoms with van der Waals surface area (Å²) in [5.41, 5.74) is 4.64. The average Bonchev–Trinajstić information content (AvgIpc) is 3.11. The second kappa shape index (κ2) is 7.61. The summed E-state index contributed by atoms with van der Waals surface area (Å²) < 4.78 is 1.75. The molecule has 0 atom stereocenters. The van der Waals surface area contributed by atoms with Crippen molar-refractivity contribution in [2.24, 2.45) is 0 Å². The van der Waals surface area contributed by atoms with E-state index in [1.165, 1.54) is 23.1 Å². The first-order valence-electron chi connectivity index (χ1n) is 9.10. The molecule has 7 heteroatoms. The third-order valence-electron chi connectivity index (χ3n) is 4.63. The van der Waals surface area contributed by atoms with Crippen LogP contribution in [0.3, 0.4) is 0 Å². The summed E-state index contributed by atoms with van der Waals surface area (Å²) >= 11 is 0. The normalized spacial score (nSPS) is 13.9. The molecule has 4 rings (SSSR count). The van der Waals surface area contributed by atoms with Crippen LogP contribution in [0, 0.1) is 0 Å². The Hall–Kier alpha value is -2.80. The molecule has 7 nitrogen and oxygen atoms in total. The average molecular weight is 349 g/mol. The largest absolute Gasteiger partial charge is 0.366 e. The highest BCUT2D eigenvalue weighted by molar-refractivity contribution is 5.48. The fourth-order valence-electron chi connectivity index (χ4n) is 3.19. The minimum absolute atomic E-state index is 0.734. The van der Waals surface area contributed by atoms with Gasteiger partial charge in [-0.15, -0.1) is 0 Å². The van der Waals surface area contributed by atoms with Gasteiger partial charge < -0.3 is 10.6 Å². The molecule has 3 heterocycles. The quantitative estimate of drug-likeness (QED) is 0.732. The number of aryl methyl sites for hydroxylation is 1. The SMILES string of the molecule is CCc1nc2c(c(NCc3ccc(-n4cncn4)cc3)n1)CCNCC2. The fraction of sp³-hybridized carbons (Fsp3) is 0.368. The van der Waals surface area contributed by atoms with Crippen molar-refractivity contribution in [2.45, 2.75) is 32.7 Å². The Kier molecular flexibility index (Phi) is 4.88. The van der Waals surface area contributed by atoms with Crippen molar-refractivity contribution < 1.29 is 0 Å². The monoisotopic (exact) mass is 349 g/mol. The highest BCUT2D eigenvalue weighted by Crippen LogP contribution is 2.21. The Balaban J connectivity index is 1.52. The van der Waals surface area contributed by atoms with Gasteiger partial charge in [-0.2, -0.15) is 5.10 Å². The molecular weight excluding hydrogens is 326 g/mol. The first kappa shape index (κ1) is 16.7. The zero-order chi connectivity index (χ0) is 17.8. The molecule has 0 unspecified atom stereocenters. The highest BCUT2D eigenvalue weighted by Gasteiger charge is 2.16. The first-order chi connectivity index (χ1) is 12.8. The Bertz CT molecular complexity index is 856. The van der Waals surface area contributed by atoms with Crippen LogP contribution in [0.5, 0.6) is 0 Å². The standard InChI is InChI=1S/C19H23N7/c1-2-18-24-17-8-10-20-9-7-16(17)19(25-18)22-11-14-3-5-15(6-4-14)26-13-21-12-23-26/h3-6,12-13,20H,2,7-11H2,1H3,(H,22,24,25). The molecule has 0 saturated carbocycles. The zero-order valence-corrected chi connectivity index (χ0v) is 14.9. The summed E-state index contributed by atoms with van der Waals surface area (Å²) in [5, 5.41) is 11.1. The molecule has 1 aliphatic rings. The number of benzene rings is 1. The van der Waals surface area contributed by atoms with Crippen molar-refractivity contribution in [2.75, 3.05) is 18.4 Å². The van der Waals surface area contributed by atoms with Crippen molar-refractivity contribution in [1.29, 1.82) is 0 Å². The van der Waals surface area contributed by atoms with Gasteiger partial charge in [-0.3, -0.25) is 0 Å². The topological polar surface area (TPSA) is 80.6 Å². The molecule has 2 aromatic heterocycles. The van der Waals surface area contributed by atoms with Crippen molar-refractivity contribution in [3.63, 3.8) is 0 Å². The Labute approximate surface area is 152 Å². The molecule has 0 fully saturated rings. The van der Waals surface area contributed by atoms with Crippen LogP contribution in [0.15, 0.2) is 36.9 Å². The van der Waals surface area contributed by atoms with Crippen LogP contribution in [0.1, 0.15) is 29.6 Å². The summed E-state index contributed by atoms with van der Waals surface area (Å²) in [6.45, 7) is 4.79. The number of nitrogens with one attached hydrogen (secondary N) is 2.